The summed E-state index contributed by atoms with van der Waals surface area (Å²) in [6, 6.07) is 0. The van der Waals surface area contributed by atoms with Crippen molar-refractivity contribution in [1.82, 2.24) is 5.06 Å². The van der Waals surface area contributed by atoms with E-state index in [9.17, 15) is 9.59 Å². The molecule has 1 heterocycles. The Morgan fingerprint density at radius 3 is 2.17 bits per heavy atom. The fourth-order valence-corrected chi connectivity index (χ4v) is 2.61. The number of rotatable bonds is 14. The van der Waals surface area contributed by atoms with Gasteiger partial charge in [0.2, 0.25) is 0 Å². The molecule has 0 saturated carbocycles. The number of hydroxylamine groups is 2. The second-order valence-corrected chi connectivity index (χ2v) is 6.24. The fraction of sp³-hybridized carbons (Fsp3) is 0.833. The topological polar surface area (TPSA) is 59.0 Å². The molecule has 0 spiro atoms. The SMILES string of the molecule is CCCCCCCCCCCC(=O)CCC(=O)ON1C=NCC1.[NaH]. The molecular formula is C18H33N2NaO3. The first-order chi connectivity index (χ1) is 11.2. The molecule has 0 aliphatic carbocycles. The molecule has 6 heteroatoms. The van der Waals surface area contributed by atoms with Crippen molar-refractivity contribution in [1.29, 1.82) is 0 Å². The Morgan fingerprint density at radius 1 is 0.958 bits per heavy atom. The summed E-state index contributed by atoms with van der Waals surface area (Å²) >= 11 is 0. The van der Waals surface area contributed by atoms with Gasteiger partial charge in [0.1, 0.15) is 12.1 Å². The first-order valence-corrected chi connectivity index (χ1v) is 9.21. The van der Waals surface area contributed by atoms with Crippen LogP contribution in [0.5, 0.6) is 0 Å². The van der Waals surface area contributed by atoms with E-state index in [1.165, 1.54) is 56.3 Å². The van der Waals surface area contributed by atoms with Crippen LogP contribution in [-0.4, -0.2) is 65.8 Å². The molecule has 1 aliphatic heterocycles. The molecule has 134 valence electrons. The van der Waals surface area contributed by atoms with Crippen LogP contribution in [0.2, 0.25) is 0 Å². The van der Waals surface area contributed by atoms with Gasteiger partial charge < -0.3 is 4.84 Å². The fourth-order valence-electron chi connectivity index (χ4n) is 2.61. The Hall–Kier alpha value is -0.390. The van der Waals surface area contributed by atoms with Gasteiger partial charge in [0.05, 0.1) is 19.5 Å². The number of aliphatic imine (C=N–C) groups is 1. The van der Waals surface area contributed by atoms with Crippen molar-refractivity contribution in [3.63, 3.8) is 0 Å². The van der Waals surface area contributed by atoms with Crippen LogP contribution in [0.4, 0.5) is 0 Å². The number of carbonyl (C=O) groups excluding carboxylic acids is 2. The molecule has 0 radical (unpaired) electrons. The Bertz CT molecular complexity index is 375. The van der Waals surface area contributed by atoms with Crippen LogP contribution in [-0.2, 0) is 14.4 Å². The van der Waals surface area contributed by atoms with Crippen molar-refractivity contribution in [2.45, 2.75) is 84.0 Å². The van der Waals surface area contributed by atoms with E-state index in [0.717, 1.165) is 12.8 Å². The first kappa shape index (κ1) is 23.6. The predicted molar refractivity (Wildman–Crippen MR) is 99.4 cm³/mol. The van der Waals surface area contributed by atoms with E-state index < -0.39 is 0 Å². The van der Waals surface area contributed by atoms with Crippen molar-refractivity contribution in [2.24, 2.45) is 4.99 Å². The number of carbonyl (C=O) groups is 2. The number of ketones is 1. The van der Waals surface area contributed by atoms with E-state index in [1.54, 1.807) is 0 Å². The molecule has 0 aromatic heterocycles. The van der Waals surface area contributed by atoms with Crippen molar-refractivity contribution in [3.05, 3.63) is 0 Å². The van der Waals surface area contributed by atoms with Gasteiger partial charge in [0.15, 0.2) is 0 Å². The minimum absolute atomic E-state index is 0. The Morgan fingerprint density at radius 2 is 1.58 bits per heavy atom. The van der Waals surface area contributed by atoms with Gasteiger partial charge in [-0.2, -0.15) is 5.06 Å². The molecule has 0 unspecified atom stereocenters. The molecule has 1 aliphatic rings. The molecule has 5 nitrogen and oxygen atoms in total. The average molecular weight is 348 g/mol. The standard InChI is InChI=1S/C18H32N2O3.Na.H/c1-2-3-4-5-6-7-8-9-10-11-17(21)12-13-18(22)23-20-15-14-19-16-20;;/h16H,2-15H2,1H3;;. The quantitative estimate of drug-likeness (QED) is 0.356. The van der Waals surface area contributed by atoms with Gasteiger partial charge in [-0.05, 0) is 6.42 Å². The molecule has 1 rings (SSSR count). The summed E-state index contributed by atoms with van der Waals surface area (Å²) in [6.45, 7) is 3.50. The van der Waals surface area contributed by atoms with E-state index >= 15 is 0 Å². The molecule has 0 bridgehead atoms. The van der Waals surface area contributed by atoms with Crippen molar-refractivity contribution >= 4 is 47.6 Å². The maximum absolute atomic E-state index is 11.7. The van der Waals surface area contributed by atoms with Gasteiger partial charge in [-0.25, -0.2) is 4.79 Å². The second-order valence-electron chi connectivity index (χ2n) is 6.24. The van der Waals surface area contributed by atoms with Crippen LogP contribution in [0.3, 0.4) is 0 Å². The normalized spacial score (nSPS) is 13.0. The van der Waals surface area contributed by atoms with Gasteiger partial charge >= 0.3 is 35.5 Å². The van der Waals surface area contributed by atoms with Gasteiger partial charge in [0.25, 0.3) is 0 Å². The zero-order valence-corrected chi connectivity index (χ0v) is 14.6. The minimum atomic E-state index is -0.348. The summed E-state index contributed by atoms with van der Waals surface area (Å²) in [5, 5.41) is 1.42. The van der Waals surface area contributed by atoms with Gasteiger partial charge in [0, 0.05) is 12.8 Å². The predicted octanol–water partition coefficient (Wildman–Crippen LogP) is 3.41. The summed E-state index contributed by atoms with van der Waals surface area (Å²) in [4.78, 5) is 32.3. The number of hydrogen-bond donors (Lipinski definition) is 0. The molecule has 0 atom stereocenters. The van der Waals surface area contributed by atoms with Crippen LogP contribution in [0.25, 0.3) is 0 Å². The van der Waals surface area contributed by atoms with Gasteiger partial charge in [-0.3, -0.25) is 9.79 Å². The van der Waals surface area contributed by atoms with Crippen LogP contribution >= 0.6 is 0 Å². The van der Waals surface area contributed by atoms with Crippen molar-refractivity contribution in [2.75, 3.05) is 13.1 Å². The van der Waals surface area contributed by atoms with E-state index in [4.69, 9.17) is 4.84 Å². The third-order valence-corrected chi connectivity index (χ3v) is 4.05. The van der Waals surface area contributed by atoms with Crippen molar-refractivity contribution in [3.8, 4) is 0 Å². The van der Waals surface area contributed by atoms with Crippen molar-refractivity contribution < 1.29 is 14.4 Å². The zero-order chi connectivity index (χ0) is 16.8. The number of hydrogen-bond acceptors (Lipinski definition) is 5. The van der Waals surface area contributed by atoms with Gasteiger partial charge in [-0.15, -0.1) is 0 Å². The average Bonchev–Trinajstić information content (AvgIpc) is 3.04. The third kappa shape index (κ3) is 13.0. The third-order valence-electron chi connectivity index (χ3n) is 4.05. The Kier molecular flexibility index (Phi) is 15.8. The van der Waals surface area contributed by atoms with Gasteiger partial charge in [-0.1, -0.05) is 58.3 Å². The molecule has 0 saturated heterocycles. The maximum atomic E-state index is 11.7. The van der Waals surface area contributed by atoms with E-state index in [2.05, 4.69) is 11.9 Å². The molecule has 24 heavy (non-hydrogen) atoms. The first-order valence-electron chi connectivity index (χ1n) is 9.21. The number of unbranched alkanes of at least 4 members (excludes halogenated alkanes) is 8. The molecular weight excluding hydrogens is 315 g/mol. The number of Topliss-reactive ketones (excluding diaryl/α,β-unsaturated/α-hetero) is 1. The summed E-state index contributed by atoms with van der Waals surface area (Å²) in [5.74, 6) is -0.182. The summed E-state index contributed by atoms with van der Waals surface area (Å²) in [6.07, 6.45) is 13.8. The monoisotopic (exact) mass is 348 g/mol. The molecule has 0 aromatic rings. The molecule has 0 fully saturated rings. The van der Waals surface area contributed by atoms with Crippen LogP contribution in [0.1, 0.15) is 84.0 Å². The van der Waals surface area contributed by atoms with Crippen LogP contribution in [0, 0.1) is 0 Å². The molecule has 0 amide bonds. The Labute approximate surface area is 168 Å². The Balaban J connectivity index is 0.00000529. The summed E-state index contributed by atoms with van der Waals surface area (Å²) in [5.41, 5.74) is 0. The zero-order valence-electron chi connectivity index (χ0n) is 14.6. The molecule has 0 N–H and O–H groups in total. The number of nitrogens with zero attached hydrogens (tertiary/aromatic N) is 2. The van der Waals surface area contributed by atoms with E-state index in [-0.39, 0.29) is 47.7 Å². The van der Waals surface area contributed by atoms with E-state index in [1.807, 2.05) is 0 Å². The summed E-state index contributed by atoms with van der Waals surface area (Å²) in [7, 11) is 0. The van der Waals surface area contributed by atoms with E-state index in [0.29, 0.717) is 25.9 Å². The molecule has 0 aromatic carbocycles. The van der Waals surface area contributed by atoms with Crippen LogP contribution < -0.4 is 0 Å². The summed E-state index contributed by atoms with van der Waals surface area (Å²) < 4.78 is 0. The second kappa shape index (κ2) is 16.1. The van der Waals surface area contributed by atoms with Crippen LogP contribution in [0.15, 0.2) is 4.99 Å².